The van der Waals surface area contributed by atoms with Crippen LogP contribution in [0, 0.1) is 0 Å². The van der Waals surface area contributed by atoms with E-state index in [0.29, 0.717) is 24.3 Å². The van der Waals surface area contributed by atoms with Crippen molar-refractivity contribution in [2.24, 2.45) is 0 Å². The number of ether oxygens (including phenoxy) is 4. The minimum Gasteiger partial charge on any atom is -0.493 e. The summed E-state index contributed by atoms with van der Waals surface area (Å²) in [4.78, 5) is 23.3. The summed E-state index contributed by atoms with van der Waals surface area (Å²) in [6.07, 6.45) is 0.0177. The van der Waals surface area contributed by atoms with Gasteiger partial charge < -0.3 is 18.9 Å². The molecule has 6 heteroatoms. The Kier molecular flexibility index (Phi) is 5.25. The molecule has 120 valence electrons. The molecule has 1 aromatic carbocycles. The number of benzene rings is 1. The van der Waals surface area contributed by atoms with Gasteiger partial charge in [0, 0.05) is 12.8 Å². The van der Waals surface area contributed by atoms with E-state index in [2.05, 4.69) is 0 Å². The molecule has 6 nitrogen and oxygen atoms in total. The fourth-order valence-corrected chi connectivity index (χ4v) is 2.42. The number of esters is 2. The van der Waals surface area contributed by atoms with Gasteiger partial charge in [-0.05, 0) is 25.0 Å². The molecule has 1 aromatic rings. The van der Waals surface area contributed by atoms with Crippen LogP contribution in [0.25, 0.3) is 0 Å². The number of rotatable bonds is 6. The molecule has 0 radical (unpaired) electrons. The zero-order valence-corrected chi connectivity index (χ0v) is 13.0. The lowest BCUT2D eigenvalue weighted by atomic mass is 10.1. The fraction of sp³-hybridized carbons (Fsp3) is 0.500. The van der Waals surface area contributed by atoms with Crippen LogP contribution in [0.3, 0.4) is 0 Å². The predicted octanol–water partition coefficient (Wildman–Crippen LogP) is 1.88. The van der Waals surface area contributed by atoms with E-state index in [-0.39, 0.29) is 12.5 Å². The topological polar surface area (TPSA) is 71.1 Å². The first-order chi connectivity index (χ1) is 10.5. The Balaban J connectivity index is 1.93. The predicted molar refractivity (Wildman–Crippen MR) is 77.9 cm³/mol. The number of carbonyl (C=O) groups is 2. The van der Waals surface area contributed by atoms with Crippen molar-refractivity contribution in [3.05, 3.63) is 23.8 Å². The first-order valence-electron chi connectivity index (χ1n) is 7.15. The molecular formula is C16H20O6. The van der Waals surface area contributed by atoms with Crippen molar-refractivity contribution in [2.45, 2.75) is 38.4 Å². The summed E-state index contributed by atoms with van der Waals surface area (Å²) in [7, 11) is 3.11. The summed E-state index contributed by atoms with van der Waals surface area (Å²) in [5, 5.41) is 0. The summed E-state index contributed by atoms with van der Waals surface area (Å²) >= 11 is 0. The summed E-state index contributed by atoms with van der Waals surface area (Å²) in [5.41, 5.74) is 0.848. The normalized spacial score (nSPS) is 20.4. The number of hydrogen-bond donors (Lipinski definition) is 0. The van der Waals surface area contributed by atoms with Crippen molar-refractivity contribution < 1.29 is 28.5 Å². The van der Waals surface area contributed by atoms with Crippen LogP contribution in [-0.4, -0.2) is 38.4 Å². The minimum absolute atomic E-state index is 0.154. The maximum atomic E-state index is 11.9. The Bertz CT molecular complexity index is 554. The molecule has 0 spiro atoms. The molecule has 0 amide bonds. The van der Waals surface area contributed by atoms with Crippen LogP contribution in [0.15, 0.2) is 18.2 Å². The van der Waals surface area contributed by atoms with E-state index in [9.17, 15) is 9.59 Å². The van der Waals surface area contributed by atoms with Gasteiger partial charge in [-0.15, -0.1) is 0 Å². The van der Waals surface area contributed by atoms with Crippen LogP contribution >= 0.6 is 0 Å². The molecule has 0 N–H and O–H groups in total. The second kappa shape index (κ2) is 7.15. The number of aryl methyl sites for hydroxylation is 1. The van der Waals surface area contributed by atoms with Gasteiger partial charge in [-0.3, -0.25) is 4.79 Å². The first kappa shape index (κ1) is 16.1. The Labute approximate surface area is 129 Å². The molecule has 0 aromatic heterocycles. The van der Waals surface area contributed by atoms with Crippen LogP contribution in [0.4, 0.5) is 0 Å². The molecule has 1 saturated heterocycles. The van der Waals surface area contributed by atoms with E-state index in [4.69, 9.17) is 18.9 Å². The van der Waals surface area contributed by atoms with Crippen LogP contribution < -0.4 is 9.47 Å². The average Bonchev–Trinajstić information content (AvgIpc) is 2.82. The third-order valence-corrected chi connectivity index (χ3v) is 3.48. The molecule has 2 unspecified atom stereocenters. The molecule has 2 atom stereocenters. The highest BCUT2D eigenvalue weighted by atomic mass is 16.6. The summed E-state index contributed by atoms with van der Waals surface area (Å²) in [5.74, 6) is 0.314. The smallest absolute Gasteiger partial charge is 0.347 e. The van der Waals surface area contributed by atoms with Gasteiger partial charge in [-0.2, -0.15) is 0 Å². The van der Waals surface area contributed by atoms with Crippen molar-refractivity contribution in [3.63, 3.8) is 0 Å². The molecule has 1 heterocycles. The van der Waals surface area contributed by atoms with E-state index in [1.807, 2.05) is 12.1 Å². The molecule has 0 saturated carbocycles. The monoisotopic (exact) mass is 308 g/mol. The molecule has 2 rings (SSSR count). The standard InChI is InChI=1S/C16H20O6/c1-10-9-13(16(18)21-10)22-14(17)8-7-11-5-4-6-12(19-2)15(11)20-3/h4-6,10,13H,7-9H2,1-3H3. The summed E-state index contributed by atoms with van der Waals surface area (Å²) in [6, 6.07) is 5.48. The molecule has 1 aliphatic rings. The van der Waals surface area contributed by atoms with Gasteiger partial charge in [0.1, 0.15) is 6.10 Å². The highest BCUT2D eigenvalue weighted by Crippen LogP contribution is 2.31. The van der Waals surface area contributed by atoms with Gasteiger partial charge in [0.05, 0.1) is 14.2 Å². The highest BCUT2D eigenvalue weighted by molar-refractivity contribution is 5.81. The van der Waals surface area contributed by atoms with Gasteiger partial charge in [-0.1, -0.05) is 12.1 Å². The fourth-order valence-electron chi connectivity index (χ4n) is 2.42. The lowest BCUT2D eigenvalue weighted by Crippen LogP contribution is -2.22. The Hall–Kier alpha value is -2.24. The van der Waals surface area contributed by atoms with Crippen molar-refractivity contribution >= 4 is 11.9 Å². The second-order valence-electron chi connectivity index (χ2n) is 5.11. The second-order valence-corrected chi connectivity index (χ2v) is 5.11. The molecule has 0 bridgehead atoms. The van der Waals surface area contributed by atoms with Crippen LogP contribution in [0.5, 0.6) is 11.5 Å². The van der Waals surface area contributed by atoms with Gasteiger partial charge >= 0.3 is 11.9 Å². The number of methoxy groups -OCH3 is 2. The van der Waals surface area contributed by atoms with Crippen LogP contribution in [0.2, 0.25) is 0 Å². The molecule has 1 fully saturated rings. The molecule has 22 heavy (non-hydrogen) atoms. The number of cyclic esters (lactones) is 1. The van der Waals surface area contributed by atoms with E-state index >= 15 is 0 Å². The van der Waals surface area contributed by atoms with Gasteiger partial charge in [-0.25, -0.2) is 4.79 Å². The summed E-state index contributed by atoms with van der Waals surface area (Å²) in [6.45, 7) is 1.77. The van der Waals surface area contributed by atoms with E-state index in [1.54, 1.807) is 27.2 Å². The maximum Gasteiger partial charge on any atom is 0.347 e. The summed E-state index contributed by atoms with van der Waals surface area (Å²) < 4.78 is 20.6. The van der Waals surface area contributed by atoms with Gasteiger partial charge in [0.25, 0.3) is 0 Å². The number of hydrogen-bond acceptors (Lipinski definition) is 6. The van der Waals surface area contributed by atoms with Crippen LogP contribution in [0.1, 0.15) is 25.3 Å². The zero-order chi connectivity index (χ0) is 16.1. The molecule has 0 aliphatic carbocycles. The minimum atomic E-state index is -0.783. The largest absolute Gasteiger partial charge is 0.493 e. The Morgan fingerprint density at radius 1 is 1.32 bits per heavy atom. The lowest BCUT2D eigenvalue weighted by molar-refractivity contribution is -0.160. The van der Waals surface area contributed by atoms with E-state index in [1.165, 1.54) is 0 Å². The van der Waals surface area contributed by atoms with Gasteiger partial charge in [0.2, 0.25) is 6.10 Å². The zero-order valence-electron chi connectivity index (χ0n) is 13.0. The van der Waals surface area contributed by atoms with E-state index < -0.39 is 18.0 Å². The number of carbonyl (C=O) groups excluding carboxylic acids is 2. The van der Waals surface area contributed by atoms with Crippen molar-refractivity contribution in [2.75, 3.05) is 14.2 Å². The first-order valence-corrected chi connectivity index (χ1v) is 7.15. The number of para-hydroxylation sites is 1. The molecular weight excluding hydrogens is 288 g/mol. The van der Waals surface area contributed by atoms with Crippen molar-refractivity contribution in [1.82, 2.24) is 0 Å². The quantitative estimate of drug-likeness (QED) is 0.747. The Morgan fingerprint density at radius 2 is 2.09 bits per heavy atom. The third-order valence-electron chi connectivity index (χ3n) is 3.48. The van der Waals surface area contributed by atoms with Crippen molar-refractivity contribution in [1.29, 1.82) is 0 Å². The lowest BCUT2D eigenvalue weighted by Gasteiger charge is -2.13. The van der Waals surface area contributed by atoms with Crippen LogP contribution in [-0.2, 0) is 25.5 Å². The maximum absolute atomic E-state index is 11.9. The Morgan fingerprint density at radius 3 is 2.68 bits per heavy atom. The third kappa shape index (κ3) is 3.69. The SMILES string of the molecule is COc1cccc(CCC(=O)OC2CC(C)OC2=O)c1OC. The van der Waals surface area contributed by atoms with Crippen molar-refractivity contribution in [3.8, 4) is 11.5 Å². The van der Waals surface area contributed by atoms with Gasteiger partial charge in [0.15, 0.2) is 11.5 Å². The van der Waals surface area contributed by atoms with E-state index in [0.717, 1.165) is 5.56 Å². The highest BCUT2D eigenvalue weighted by Gasteiger charge is 2.34. The molecule has 1 aliphatic heterocycles. The average molecular weight is 308 g/mol.